The number of alkyl halides is 2. The zero-order valence-electron chi connectivity index (χ0n) is 21.0. The lowest BCUT2D eigenvalue weighted by molar-refractivity contribution is 0.119. The van der Waals surface area contributed by atoms with Gasteiger partial charge in [-0.25, -0.2) is 18.6 Å². The summed E-state index contributed by atoms with van der Waals surface area (Å²) in [4.78, 5) is 29.6. The largest absolute Gasteiger partial charge is 0.349 e. The maximum absolute atomic E-state index is 13.1. The molecule has 5 rings (SSSR count). The van der Waals surface area contributed by atoms with Crippen LogP contribution in [0.15, 0.2) is 35.4 Å². The maximum atomic E-state index is 13.1. The van der Waals surface area contributed by atoms with Gasteiger partial charge in [0.1, 0.15) is 12.2 Å². The van der Waals surface area contributed by atoms with Crippen LogP contribution in [0, 0.1) is 11.3 Å². The number of anilines is 1. The number of hydrogen-bond donors (Lipinski definition) is 0. The lowest BCUT2D eigenvalue weighted by Gasteiger charge is -2.47. The first-order chi connectivity index (χ1) is 17.7. The Hall–Kier alpha value is -3.98. The molecule has 3 atom stereocenters. The van der Waals surface area contributed by atoms with Crippen LogP contribution in [-0.4, -0.2) is 59.4 Å². The van der Waals surface area contributed by atoms with E-state index < -0.39 is 6.43 Å². The number of aryl methyl sites for hydroxylation is 1. The third-order valence-corrected chi connectivity index (χ3v) is 7.13. The monoisotopic (exact) mass is 507 g/mol. The van der Waals surface area contributed by atoms with Crippen molar-refractivity contribution in [2.45, 2.75) is 51.9 Å². The van der Waals surface area contributed by atoms with Gasteiger partial charge in [0.25, 0.3) is 6.43 Å². The SMILES string of the molecule is CC(c1ccc2ncc(C(F)F)nc2c1)N1C[C@H](C)N(c2nc(=O)n(C)c3cn(CC#N)nc23)C[C@H]1C. The number of fused-ring (bicyclic) bond motifs is 2. The van der Waals surface area contributed by atoms with Crippen molar-refractivity contribution in [2.75, 3.05) is 18.0 Å². The summed E-state index contributed by atoms with van der Waals surface area (Å²) >= 11 is 0. The van der Waals surface area contributed by atoms with Crippen LogP contribution >= 0.6 is 0 Å². The van der Waals surface area contributed by atoms with E-state index in [1.54, 1.807) is 13.2 Å². The van der Waals surface area contributed by atoms with Crippen molar-refractivity contribution in [1.29, 1.82) is 5.26 Å². The summed E-state index contributed by atoms with van der Waals surface area (Å²) in [5.41, 5.74) is 2.48. The standard InChI is InChI=1S/C25H27F2N9O/c1-14-12-36(24-22-21(33(4)25(37)31-24)13-34(32-22)8-7-28)15(2)11-35(14)16(3)17-5-6-18-19(9-17)30-20(10-29-18)23(26)27/h5-6,9-10,13-16,23H,8,11-12H2,1-4H3/t14-,15+,16?/m1/s1. The fourth-order valence-corrected chi connectivity index (χ4v) is 5.08. The first-order valence-corrected chi connectivity index (χ1v) is 12.1. The van der Waals surface area contributed by atoms with Crippen molar-refractivity contribution >= 4 is 27.9 Å². The molecular weight excluding hydrogens is 480 g/mol. The van der Waals surface area contributed by atoms with Crippen LogP contribution in [-0.2, 0) is 13.6 Å². The minimum absolute atomic E-state index is 0.00698. The molecule has 3 aromatic heterocycles. The summed E-state index contributed by atoms with van der Waals surface area (Å²) < 4.78 is 29.2. The number of aromatic nitrogens is 6. The first-order valence-electron chi connectivity index (χ1n) is 12.1. The van der Waals surface area contributed by atoms with Crippen molar-refractivity contribution in [3.63, 3.8) is 0 Å². The lowest BCUT2D eigenvalue weighted by Crippen LogP contribution is -2.57. The van der Waals surface area contributed by atoms with Crippen LogP contribution in [0.3, 0.4) is 0 Å². The van der Waals surface area contributed by atoms with Crippen LogP contribution in [0.1, 0.15) is 44.5 Å². The number of nitriles is 1. The van der Waals surface area contributed by atoms with E-state index in [0.717, 1.165) is 11.8 Å². The Labute approximate surface area is 211 Å². The summed E-state index contributed by atoms with van der Waals surface area (Å²) in [6.45, 7) is 7.63. The van der Waals surface area contributed by atoms with Gasteiger partial charge in [-0.2, -0.15) is 15.3 Å². The van der Waals surface area contributed by atoms with Gasteiger partial charge in [-0.15, -0.1) is 0 Å². The molecule has 10 nitrogen and oxygen atoms in total. The average Bonchev–Trinajstić information content (AvgIpc) is 3.30. The maximum Gasteiger partial charge on any atom is 0.349 e. The molecule has 0 radical (unpaired) electrons. The molecule has 1 aliphatic heterocycles. The van der Waals surface area contributed by atoms with Gasteiger partial charge in [0.15, 0.2) is 11.3 Å². The number of halogens is 2. The van der Waals surface area contributed by atoms with Gasteiger partial charge in [-0.05, 0) is 38.5 Å². The van der Waals surface area contributed by atoms with Gasteiger partial charge in [0.05, 0.1) is 35.0 Å². The summed E-state index contributed by atoms with van der Waals surface area (Å²) in [6, 6.07) is 7.76. The predicted molar refractivity (Wildman–Crippen MR) is 134 cm³/mol. The molecule has 1 aromatic carbocycles. The molecule has 1 saturated heterocycles. The van der Waals surface area contributed by atoms with Gasteiger partial charge >= 0.3 is 5.69 Å². The highest BCUT2D eigenvalue weighted by Crippen LogP contribution is 2.32. The van der Waals surface area contributed by atoms with E-state index in [1.165, 1.54) is 9.25 Å². The number of piperazine rings is 1. The average molecular weight is 508 g/mol. The third-order valence-electron chi connectivity index (χ3n) is 7.13. The van der Waals surface area contributed by atoms with Gasteiger partial charge in [0.2, 0.25) is 0 Å². The third kappa shape index (κ3) is 4.40. The van der Waals surface area contributed by atoms with Crippen molar-refractivity contribution < 1.29 is 8.78 Å². The minimum atomic E-state index is -2.67. The van der Waals surface area contributed by atoms with Crippen molar-refractivity contribution in [3.8, 4) is 6.07 Å². The molecule has 0 spiro atoms. The van der Waals surface area contributed by atoms with Crippen molar-refractivity contribution in [3.05, 3.63) is 52.3 Å². The normalized spacial score (nSPS) is 19.6. The Morgan fingerprint density at radius 2 is 1.95 bits per heavy atom. The fraction of sp³-hybridized carbons (Fsp3) is 0.440. The Morgan fingerprint density at radius 3 is 2.68 bits per heavy atom. The second-order valence-electron chi connectivity index (χ2n) is 9.56. The number of hydrogen-bond acceptors (Lipinski definition) is 8. The van der Waals surface area contributed by atoms with E-state index in [0.29, 0.717) is 41.0 Å². The van der Waals surface area contributed by atoms with E-state index in [1.807, 2.05) is 18.2 Å². The highest BCUT2D eigenvalue weighted by Gasteiger charge is 2.34. The molecule has 12 heteroatoms. The molecule has 1 unspecified atom stereocenters. The molecule has 192 valence electrons. The molecule has 0 aliphatic carbocycles. The van der Waals surface area contributed by atoms with Crippen molar-refractivity contribution in [2.24, 2.45) is 7.05 Å². The first kappa shape index (κ1) is 24.7. The number of rotatable bonds is 5. The van der Waals surface area contributed by atoms with Gasteiger partial charge in [0, 0.05) is 38.3 Å². The van der Waals surface area contributed by atoms with Crippen LogP contribution in [0.2, 0.25) is 0 Å². The van der Waals surface area contributed by atoms with Gasteiger partial charge in [-0.1, -0.05) is 6.07 Å². The Bertz CT molecular complexity index is 1570. The van der Waals surface area contributed by atoms with Gasteiger partial charge < -0.3 is 4.90 Å². The van der Waals surface area contributed by atoms with E-state index in [2.05, 4.69) is 56.7 Å². The zero-order chi connectivity index (χ0) is 26.4. The number of nitrogens with zero attached hydrogens (tertiary/aromatic N) is 9. The molecule has 4 heterocycles. The number of benzene rings is 1. The fourth-order valence-electron chi connectivity index (χ4n) is 5.08. The smallest absolute Gasteiger partial charge is 0.349 e. The second-order valence-corrected chi connectivity index (χ2v) is 9.56. The van der Waals surface area contributed by atoms with Crippen LogP contribution < -0.4 is 10.6 Å². The predicted octanol–water partition coefficient (Wildman–Crippen LogP) is 3.19. The molecule has 0 saturated carbocycles. The minimum Gasteiger partial charge on any atom is -0.349 e. The summed E-state index contributed by atoms with van der Waals surface area (Å²) in [5, 5.41) is 13.6. The molecule has 37 heavy (non-hydrogen) atoms. The molecule has 4 aromatic rings. The van der Waals surface area contributed by atoms with E-state index >= 15 is 0 Å². The molecule has 1 fully saturated rings. The Balaban J connectivity index is 1.44. The van der Waals surface area contributed by atoms with Crippen molar-refractivity contribution in [1.82, 2.24) is 34.2 Å². The Morgan fingerprint density at radius 1 is 1.16 bits per heavy atom. The molecular formula is C25H27F2N9O. The molecule has 0 amide bonds. The highest BCUT2D eigenvalue weighted by atomic mass is 19.3. The summed E-state index contributed by atoms with van der Waals surface area (Å²) in [6.07, 6.45) is 0.136. The van der Waals surface area contributed by atoms with E-state index in [9.17, 15) is 13.6 Å². The van der Waals surface area contributed by atoms with Crippen LogP contribution in [0.4, 0.5) is 14.6 Å². The molecule has 1 aliphatic rings. The topological polar surface area (TPSA) is 109 Å². The van der Waals surface area contributed by atoms with Gasteiger partial charge in [-0.3, -0.25) is 19.1 Å². The van der Waals surface area contributed by atoms with Crippen LogP contribution in [0.5, 0.6) is 0 Å². The highest BCUT2D eigenvalue weighted by molar-refractivity contribution is 5.85. The molecule has 0 N–H and O–H groups in total. The van der Waals surface area contributed by atoms with E-state index in [-0.39, 0.29) is 36.1 Å². The summed E-state index contributed by atoms with van der Waals surface area (Å²) in [5.74, 6) is 0.516. The zero-order valence-corrected chi connectivity index (χ0v) is 21.0. The lowest BCUT2D eigenvalue weighted by atomic mass is 10.00. The quantitative estimate of drug-likeness (QED) is 0.405. The van der Waals surface area contributed by atoms with E-state index in [4.69, 9.17) is 5.26 Å². The second kappa shape index (κ2) is 9.48. The molecule has 0 bridgehead atoms. The van der Waals surface area contributed by atoms with Crippen LogP contribution in [0.25, 0.3) is 22.1 Å². The summed E-state index contributed by atoms with van der Waals surface area (Å²) in [7, 11) is 1.64. The Kier molecular flexibility index (Phi) is 6.33.